The minimum absolute atomic E-state index is 0.0736. The Morgan fingerprint density at radius 2 is 1.75 bits per heavy atom. The molecule has 1 heterocycles. The van der Waals surface area contributed by atoms with Gasteiger partial charge in [-0.15, -0.1) is 0 Å². The van der Waals surface area contributed by atoms with Gasteiger partial charge in [0.15, 0.2) is 15.8 Å². The summed E-state index contributed by atoms with van der Waals surface area (Å²) in [4.78, 5) is 30.5. The van der Waals surface area contributed by atoms with E-state index in [2.05, 4.69) is 4.99 Å². The predicted octanol–water partition coefficient (Wildman–Crippen LogP) is 1.41. The van der Waals surface area contributed by atoms with Crippen LogP contribution >= 0.6 is 0 Å². The summed E-state index contributed by atoms with van der Waals surface area (Å²) in [7, 11) is -3.62. The number of carbonyl (C=O) groups is 2. The van der Waals surface area contributed by atoms with Crippen molar-refractivity contribution in [1.29, 1.82) is 0 Å². The number of benzene rings is 2. The van der Waals surface area contributed by atoms with Gasteiger partial charge in [-0.1, -0.05) is 12.1 Å². The summed E-state index contributed by atoms with van der Waals surface area (Å²) < 4.78 is 25.0. The van der Waals surface area contributed by atoms with Crippen molar-refractivity contribution in [2.45, 2.75) is 30.6 Å². The van der Waals surface area contributed by atoms with Crippen LogP contribution in [0.3, 0.4) is 0 Å². The first-order chi connectivity index (χ1) is 15.0. The predicted molar refractivity (Wildman–Crippen MR) is 123 cm³/mol. The van der Waals surface area contributed by atoms with Gasteiger partial charge < -0.3 is 22.1 Å². The van der Waals surface area contributed by atoms with Crippen molar-refractivity contribution >= 4 is 33.3 Å². The summed E-state index contributed by atoms with van der Waals surface area (Å²) in [5, 5.41) is 0. The number of hydrogen-bond donors (Lipinski definition) is 3. The minimum atomic E-state index is -3.62. The topological polar surface area (TPSA) is 162 Å². The van der Waals surface area contributed by atoms with Gasteiger partial charge in [-0.05, 0) is 61.1 Å². The van der Waals surface area contributed by atoms with Gasteiger partial charge in [0.05, 0.1) is 4.90 Å². The van der Waals surface area contributed by atoms with Gasteiger partial charge in [0, 0.05) is 36.2 Å². The Kier molecular flexibility index (Phi) is 6.54. The van der Waals surface area contributed by atoms with E-state index >= 15 is 0 Å². The highest BCUT2D eigenvalue weighted by Gasteiger charge is 2.29. The third kappa shape index (κ3) is 5.08. The van der Waals surface area contributed by atoms with Crippen molar-refractivity contribution in [3.05, 3.63) is 58.7 Å². The molecule has 1 aliphatic rings. The van der Waals surface area contributed by atoms with E-state index in [1.807, 2.05) is 0 Å². The van der Waals surface area contributed by atoms with Crippen LogP contribution in [0, 0.1) is 6.92 Å². The number of aryl methyl sites for hydroxylation is 1. The molecule has 1 aliphatic heterocycles. The maximum absolute atomic E-state index is 12.8. The first kappa shape index (κ1) is 23.3. The maximum atomic E-state index is 12.8. The normalized spacial score (nSPS) is 14.8. The smallest absolute Gasteiger partial charge is 0.280 e. The molecule has 3 rings (SSSR count). The van der Waals surface area contributed by atoms with Gasteiger partial charge in [0.2, 0.25) is 0 Å². The Morgan fingerprint density at radius 3 is 2.31 bits per heavy atom. The molecule has 0 aliphatic carbocycles. The van der Waals surface area contributed by atoms with E-state index in [-0.39, 0.29) is 22.3 Å². The van der Waals surface area contributed by atoms with Crippen LogP contribution in [-0.2, 0) is 9.84 Å². The van der Waals surface area contributed by atoms with E-state index in [1.165, 1.54) is 6.07 Å². The lowest BCUT2D eigenvalue weighted by molar-refractivity contribution is 0.0712. The molecule has 1 saturated heterocycles. The van der Waals surface area contributed by atoms with Gasteiger partial charge >= 0.3 is 0 Å². The van der Waals surface area contributed by atoms with Gasteiger partial charge in [-0.2, -0.15) is 4.99 Å². The summed E-state index contributed by atoms with van der Waals surface area (Å²) in [6, 6.07) is 9.89. The highest BCUT2D eigenvalue weighted by Crippen LogP contribution is 2.35. The SMILES string of the molecule is Cc1cc(C2CCN(C(=O)c3cccc(N)c3)CC2)c(S(C)(=O)=O)cc1C(=O)N=C(N)N. The fourth-order valence-corrected chi connectivity index (χ4v) is 4.99. The van der Waals surface area contributed by atoms with Crippen molar-refractivity contribution in [3.63, 3.8) is 0 Å². The number of amides is 2. The van der Waals surface area contributed by atoms with Crippen LogP contribution in [-0.4, -0.2) is 50.4 Å². The largest absolute Gasteiger partial charge is 0.399 e. The van der Waals surface area contributed by atoms with Crippen LogP contribution in [0.25, 0.3) is 0 Å². The van der Waals surface area contributed by atoms with Crippen LogP contribution < -0.4 is 17.2 Å². The van der Waals surface area contributed by atoms with Crippen molar-refractivity contribution in [2.75, 3.05) is 25.1 Å². The Hall–Kier alpha value is -3.40. The second-order valence-electron chi connectivity index (χ2n) is 8.01. The second-order valence-corrected chi connectivity index (χ2v) is 10.00. The van der Waals surface area contributed by atoms with Crippen molar-refractivity contribution in [3.8, 4) is 0 Å². The number of nitrogen functional groups attached to an aromatic ring is 1. The Morgan fingerprint density at radius 1 is 1.09 bits per heavy atom. The fourth-order valence-electron chi connectivity index (χ4n) is 4.01. The number of nitrogens with two attached hydrogens (primary N) is 3. The minimum Gasteiger partial charge on any atom is -0.399 e. The molecule has 1 fully saturated rings. The summed E-state index contributed by atoms with van der Waals surface area (Å²) in [6.07, 6.45) is 2.29. The molecule has 0 atom stereocenters. The molecule has 2 aromatic carbocycles. The number of piperidine rings is 1. The summed E-state index contributed by atoms with van der Waals surface area (Å²) in [6.45, 7) is 2.67. The average molecular weight is 458 g/mol. The first-order valence-electron chi connectivity index (χ1n) is 10.1. The van der Waals surface area contributed by atoms with Crippen LogP contribution in [0.5, 0.6) is 0 Å². The summed E-state index contributed by atoms with van der Waals surface area (Å²) in [5.74, 6) is -1.26. The molecule has 0 bridgehead atoms. The molecule has 0 radical (unpaired) electrons. The molecule has 0 aromatic heterocycles. The third-order valence-corrected chi connectivity index (χ3v) is 6.73. The maximum Gasteiger partial charge on any atom is 0.280 e. The van der Waals surface area contributed by atoms with E-state index in [0.717, 1.165) is 6.26 Å². The van der Waals surface area contributed by atoms with E-state index in [1.54, 1.807) is 42.2 Å². The molecule has 6 N–H and O–H groups in total. The van der Waals surface area contributed by atoms with Crippen molar-refractivity contribution < 1.29 is 18.0 Å². The van der Waals surface area contributed by atoms with E-state index in [9.17, 15) is 18.0 Å². The molecule has 170 valence electrons. The zero-order valence-electron chi connectivity index (χ0n) is 18.0. The zero-order valence-corrected chi connectivity index (χ0v) is 18.9. The molecule has 2 aromatic rings. The highest BCUT2D eigenvalue weighted by molar-refractivity contribution is 7.90. The van der Waals surface area contributed by atoms with Crippen LogP contribution in [0.4, 0.5) is 5.69 Å². The third-order valence-electron chi connectivity index (χ3n) is 5.57. The number of sulfone groups is 1. The number of carbonyl (C=O) groups excluding carboxylic acids is 2. The van der Waals surface area contributed by atoms with E-state index in [0.29, 0.717) is 48.3 Å². The Balaban J connectivity index is 1.87. The van der Waals surface area contributed by atoms with E-state index in [4.69, 9.17) is 17.2 Å². The first-order valence-corrected chi connectivity index (χ1v) is 12.0. The highest BCUT2D eigenvalue weighted by atomic mass is 32.2. The van der Waals surface area contributed by atoms with Crippen LogP contribution in [0.15, 0.2) is 46.3 Å². The number of likely N-dealkylation sites (tertiary alicyclic amines) is 1. The average Bonchev–Trinajstić information content (AvgIpc) is 2.71. The van der Waals surface area contributed by atoms with Gasteiger partial charge in [-0.3, -0.25) is 9.59 Å². The molecule has 0 spiro atoms. The number of nitrogens with zero attached hydrogens (tertiary/aromatic N) is 2. The number of anilines is 1. The molecular formula is C22H27N5O4S. The number of guanidine groups is 1. The number of aliphatic imine (C=N–C) groups is 1. The molecule has 0 unspecified atom stereocenters. The summed E-state index contributed by atoms with van der Waals surface area (Å²) >= 11 is 0. The fraction of sp³-hybridized carbons (Fsp3) is 0.318. The monoisotopic (exact) mass is 457 g/mol. The molecule has 9 nitrogen and oxygen atoms in total. The van der Waals surface area contributed by atoms with Gasteiger partial charge in [0.25, 0.3) is 11.8 Å². The summed E-state index contributed by atoms with van der Waals surface area (Å²) in [5.41, 5.74) is 18.8. The van der Waals surface area contributed by atoms with Crippen molar-refractivity contribution in [1.82, 2.24) is 4.90 Å². The lowest BCUT2D eigenvalue weighted by atomic mass is 9.87. The standard InChI is InChI=1S/C22H27N5O4S/c1-13-10-18(19(32(2,30)31)12-17(13)20(28)26-22(24)25)14-6-8-27(9-7-14)21(29)15-4-3-5-16(23)11-15/h3-5,10-12,14H,6-9,23H2,1-2H3,(H4,24,25,26,28). The number of hydrogen-bond acceptors (Lipinski definition) is 5. The van der Waals surface area contributed by atoms with E-state index < -0.39 is 21.7 Å². The quantitative estimate of drug-likeness (QED) is 0.355. The molecular weight excluding hydrogens is 430 g/mol. The second kappa shape index (κ2) is 8.99. The molecule has 10 heteroatoms. The van der Waals surface area contributed by atoms with Gasteiger partial charge in [0.1, 0.15) is 0 Å². The zero-order chi connectivity index (χ0) is 23.6. The van der Waals surface area contributed by atoms with Crippen LogP contribution in [0.2, 0.25) is 0 Å². The van der Waals surface area contributed by atoms with Crippen molar-refractivity contribution in [2.24, 2.45) is 16.5 Å². The lowest BCUT2D eigenvalue weighted by Crippen LogP contribution is -2.38. The molecule has 32 heavy (non-hydrogen) atoms. The molecule has 0 saturated carbocycles. The number of rotatable bonds is 4. The Labute approximate surface area is 187 Å². The Bertz CT molecular complexity index is 1190. The molecule has 2 amide bonds. The van der Waals surface area contributed by atoms with Crippen LogP contribution in [0.1, 0.15) is 50.6 Å². The lowest BCUT2D eigenvalue weighted by Gasteiger charge is -2.33. The van der Waals surface area contributed by atoms with Gasteiger partial charge in [-0.25, -0.2) is 8.42 Å².